The standard InChI is InChI=1S/C48H46N2/c1-3-13-33(14-4-1)35-17-11-19-39(29-35)49-46-24-10-8-22-42(46)44-31-37(26-28-47(44)49)38-25-27-43-41-21-7-9-23-45(41)50(48(43)32-38)40-20-12-18-36(30-40)34-15-5-2-6-16-34/h1,3-4,7-8,10-13,17-22,24-31,33-34,38,43,48H,2,5-6,9,14-16,23,32H2. The second-order valence-electron chi connectivity index (χ2n) is 15.3. The highest BCUT2D eigenvalue weighted by Crippen LogP contribution is 2.49. The normalized spacial score (nSPS) is 24.8. The Morgan fingerprint density at radius 3 is 2.32 bits per heavy atom. The van der Waals surface area contributed by atoms with E-state index in [0.29, 0.717) is 23.8 Å². The summed E-state index contributed by atoms with van der Waals surface area (Å²) in [6.45, 7) is 0. The lowest BCUT2D eigenvalue weighted by molar-refractivity contribution is 0.443. The van der Waals surface area contributed by atoms with Gasteiger partial charge in [0.05, 0.1) is 11.0 Å². The number of allylic oxidation sites excluding steroid dienone is 8. The van der Waals surface area contributed by atoms with E-state index in [1.165, 1.54) is 76.4 Å². The number of hydrogen-bond donors (Lipinski definition) is 0. The van der Waals surface area contributed by atoms with Crippen LogP contribution in [0.2, 0.25) is 0 Å². The van der Waals surface area contributed by atoms with E-state index >= 15 is 0 Å². The lowest BCUT2D eigenvalue weighted by Crippen LogP contribution is -2.36. The second-order valence-corrected chi connectivity index (χ2v) is 15.3. The smallest absolute Gasteiger partial charge is 0.0541 e. The Morgan fingerprint density at radius 2 is 1.42 bits per heavy atom. The zero-order valence-corrected chi connectivity index (χ0v) is 28.9. The van der Waals surface area contributed by atoms with Gasteiger partial charge in [-0.15, -0.1) is 0 Å². The highest BCUT2D eigenvalue weighted by molar-refractivity contribution is 6.09. The lowest BCUT2D eigenvalue weighted by Gasteiger charge is -2.37. The Labute approximate surface area is 296 Å². The van der Waals surface area contributed by atoms with Crippen LogP contribution in [-0.4, -0.2) is 10.6 Å². The molecule has 0 spiro atoms. The Hall–Kier alpha value is -4.82. The number of rotatable bonds is 5. The van der Waals surface area contributed by atoms with E-state index in [4.69, 9.17) is 0 Å². The van der Waals surface area contributed by atoms with Gasteiger partial charge in [0.25, 0.3) is 0 Å². The van der Waals surface area contributed by atoms with Crippen molar-refractivity contribution in [3.63, 3.8) is 0 Å². The zero-order chi connectivity index (χ0) is 33.0. The van der Waals surface area contributed by atoms with Gasteiger partial charge in [-0.2, -0.15) is 0 Å². The fourth-order valence-corrected chi connectivity index (χ4v) is 10.1. The third-order valence-electron chi connectivity index (χ3n) is 12.5. The van der Waals surface area contributed by atoms with Crippen molar-refractivity contribution in [1.29, 1.82) is 0 Å². The van der Waals surface area contributed by atoms with Crippen LogP contribution >= 0.6 is 0 Å². The van der Waals surface area contributed by atoms with Gasteiger partial charge in [0.2, 0.25) is 0 Å². The minimum atomic E-state index is 0.381. The van der Waals surface area contributed by atoms with Crippen molar-refractivity contribution in [3.05, 3.63) is 168 Å². The van der Waals surface area contributed by atoms with Gasteiger partial charge < -0.3 is 9.47 Å². The summed E-state index contributed by atoms with van der Waals surface area (Å²) >= 11 is 0. The topological polar surface area (TPSA) is 8.17 Å². The summed E-state index contributed by atoms with van der Waals surface area (Å²) in [5, 5.41) is 2.68. The maximum absolute atomic E-state index is 2.78. The average molecular weight is 651 g/mol. The van der Waals surface area contributed by atoms with E-state index in [-0.39, 0.29) is 0 Å². The maximum atomic E-state index is 2.78. The van der Waals surface area contributed by atoms with Gasteiger partial charge in [0.1, 0.15) is 0 Å². The first-order valence-corrected chi connectivity index (χ1v) is 19.2. The van der Waals surface area contributed by atoms with Gasteiger partial charge in [0, 0.05) is 51.6 Å². The fraction of sp³-hybridized carbons (Fsp3) is 0.292. The van der Waals surface area contributed by atoms with Crippen molar-refractivity contribution in [3.8, 4) is 5.69 Å². The molecule has 0 bridgehead atoms. The van der Waals surface area contributed by atoms with Gasteiger partial charge in [-0.25, -0.2) is 0 Å². The molecule has 0 saturated heterocycles. The predicted octanol–water partition coefficient (Wildman–Crippen LogP) is 12.6. The van der Waals surface area contributed by atoms with Crippen molar-refractivity contribution < 1.29 is 0 Å². The van der Waals surface area contributed by atoms with E-state index in [1.54, 1.807) is 16.8 Å². The number of anilines is 1. The number of aromatic nitrogens is 1. The highest BCUT2D eigenvalue weighted by atomic mass is 15.2. The van der Waals surface area contributed by atoms with E-state index in [0.717, 1.165) is 31.6 Å². The molecule has 2 heteroatoms. The van der Waals surface area contributed by atoms with Gasteiger partial charge in [-0.1, -0.05) is 116 Å². The van der Waals surface area contributed by atoms with Gasteiger partial charge >= 0.3 is 0 Å². The SMILES string of the molecule is C1=CCC(c2cccc(-n3c4ccccc4c4cc(C5C=CC6C7=C(CCC=C7)N(c7cccc(C8CCCCC8)c7)C6C5)ccc43)c2)C=C1. The number of benzene rings is 4. The second kappa shape index (κ2) is 12.5. The number of fused-ring (bicyclic) bond motifs is 5. The van der Waals surface area contributed by atoms with Gasteiger partial charge in [0.15, 0.2) is 0 Å². The molecule has 0 radical (unpaired) electrons. The van der Waals surface area contributed by atoms with Crippen molar-refractivity contribution >= 4 is 27.5 Å². The third kappa shape index (κ3) is 5.06. The largest absolute Gasteiger partial charge is 0.341 e. The molecule has 0 N–H and O–H groups in total. The molecule has 4 aliphatic carbocycles. The van der Waals surface area contributed by atoms with Crippen LogP contribution in [0, 0.1) is 5.92 Å². The summed E-state index contributed by atoms with van der Waals surface area (Å²) in [7, 11) is 0. The minimum Gasteiger partial charge on any atom is -0.341 e. The quantitative estimate of drug-likeness (QED) is 0.172. The number of nitrogens with zero attached hydrogens (tertiary/aromatic N) is 2. The molecular formula is C48H46N2. The highest BCUT2D eigenvalue weighted by Gasteiger charge is 2.42. The van der Waals surface area contributed by atoms with Crippen LogP contribution in [0.3, 0.4) is 0 Å². The molecule has 2 nitrogen and oxygen atoms in total. The predicted molar refractivity (Wildman–Crippen MR) is 210 cm³/mol. The Morgan fingerprint density at radius 1 is 0.600 bits per heavy atom. The summed E-state index contributed by atoms with van der Waals surface area (Å²) in [6.07, 6.45) is 30.2. The zero-order valence-electron chi connectivity index (χ0n) is 28.9. The number of para-hydroxylation sites is 1. The van der Waals surface area contributed by atoms with E-state index < -0.39 is 0 Å². The molecule has 5 aliphatic rings. The van der Waals surface area contributed by atoms with Crippen molar-refractivity contribution in [2.45, 2.75) is 81.6 Å². The third-order valence-corrected chi connectivity index (χ3v) is 12.5. The van der Waals surface area contributed by atoms with Crippen LogP contribution in [0.1, 0.15) is 92.2 Å². The van der Waals surface area contributed by atoms with Gasteiger partial charge in [-0.3, -0.25) is 0 Å². The summed E-state index contributed by atoms with van der Waals surface area (Å²) in [5.41, 5.74) is 12.7. The summed E-state index contributed by atoms with van der Waals surface area (Å²) in [4.78, 5) is 2.78. The van der Waals surface area contributed by atoms with Crippen LogP contribution in [0.15, 0.2) is 151 Å². The molecule has 4 atom stereocenters. The summed E-state index contributed by atoms with van der Waals surface area (Å²) < 4.78 is 2.48. The molecule has 1 aliphatic heterocycles. The molecule has 4 aromatic carbocycles. The average Bonchev–Trinajstić information content (AvgIpc) is 3.71. The van der Waals surface area contributed by atoms with Crippen LogP contribution < -0.4 is 4.90 Å². The first-order valence-electron chi connectivity index (χ1n) is 19.2. The Bertz CT molecular complexity index is 2250. The summed E-state index contributed by atoms with van der Waals surface area (Å²) in [5.74, 6) is 2.00. The number of hydrogen-bond acceptors (Lipinski definition) is 1. The molecule has 2 heterocycles. The van der Waals surface area contributed by atoms with Crippen molar-refractivity contribution in [2.24, 2.45) is 5.92 Å². The monoisotopic (exact) mass is 650 g/mol. The van der Waals surface area contributed by atoms with Crippen LogP contribution in [-0.2, 0) is 0 Å². The van der Waals surface area contributed by atoms with E-state index in [1.807, 2.05) is 0 Å². The van der Waals surface area contributed by atoms with E-state index in [9.17, 15) is 0 Å². The van der Waals surface area contributed by atoms with Crippen LogP contribution in [0.4, 0.5) is 5.69 Å². The molecule has 50 heavy (non-hydrogen) atoms. The molecule has 5 aromatic rings. The lowest BCUT2D eigenvalue weighted by atomic mass is 9.78. The maximum Gasteiger partial charge on any atom is 0.0541 e. The van der Waals surface area contributed by atoms with Crippen LogP contribution in [0.25, 0.3) is 27.5 Å². The fourth-order valence-electron chi connectivity index (χ4n) is 10.1. The van der Waals surface area contributed by atoms with E-state index in [2.05, 4.69) is 149 Å². The molecule has 4 unspecified atom stereocenters. The Kier molecular flexibility index (Phi) is 7.51. The molecule has 1 saturated carbocycles. The summed E-state index contributed by atoms with van der Waals surface area (Å²) in [6, 6.07) is 35.6. The first-order chi connectivity index (χ1) is 24.8. The molecule has 1 aromatic heterocycles. The van der Waals surface area contributed by atoms with Crippen molar-refractivity contribution in [2.75, 3.05) is 4.90 Å². The molecule has 0 amide bonds. The van der Waals surface area contributed by atoms with Crippen molar-refractivity contribution in [1.82, 2.24) is 4.57 Å². The molecular weight excluding hydrogens is 605 g/mol. The molecule has 1 fully saturated rings. The molecule has 10 rings (SSSR count). The van der Waals surface area contributed by atoms with Gasteiger partial charge in [-0.05, 0) is 109 Å². The first kappa shape index (κ1) is 30.0. The minimum absolute atomic E-state index is 0.381. The Balaban J connectivity index is 1.01. The van der Waals surface area contributed by atoms with Crippen LogP contribution in [0.5, 0.6) is 0 Å². The molecule has 248 valence electrons.